The zero-order chi connectivity index (χ0) is 17.1. The highest BCUT2D eigenvalue weighted by Gasteiger charge is 2.16. The number of thiazole rings is 1. The molecule has 0 unspecified atom stereocenters. The smallest absolute Gasteiger partial charge is 0.277 e. The first kappa shape index (κ1) is 16.0. The second kappa shape index (κ2) is 7.18. The van der Waals surface area contributed by atoms with Crippen molar-refractivity contribution in [2.75, 3.05) is 31.6 Å². The van der Waals surface area contributed by atoms with Crippen molar-refractivity contribution < 1.29 is 13.9 Å². The summed E-state index contributed by atoms with van der Waals surface area (Å²) in [6.45, 7) is 4.08. The third kappa shape index (κ3) is 3.78. The molecule has 0 saturated carbocycles. The van der Waals surface area contributed by atoms with Crippen LogP contribution in [0.1, 0.15) is 16.2 Å². The van der Waals surface area contributed by atoms with Crippen LogP contribution in [0, 0.1) is 0 Å². The number of H-pyrrole nitrogens is 1. The topological polar surface area (TPSA) is 96.3 Å². The lowest BCUT2D eigenvalue weighted by Gasteiger charge is -2.25. The molecule has 0 aromatic carbocycles. The van der Waals surface area contributed by atoms with E-state index in [0.29, 0.717) is 16.6 Å². The van der Waals surface area contributed by atoms with E-state index in [1.165, 1.54) is 11.3 Å². The average Bonchev–Trinajstić information content (AvgIpc) is 3.37. The summed E-state index contributed by atoms with van der Waals surface area (Å²) in [7, 11) is 0. The molecule has 0 aliphatic carbocycles. The van der Waals surface area contributed by atoms with Gasteiger partial charge in [0.1, 0.15) is 5.69 Å². The van der Waals surface area contributed by atoms with Gasteiger partial charge in [0, 0.05) is 31.1 Å². The van der Waals surface area contributed by atoms with E-state index in [4.69, 9.17) is 9.15 Å². The van der Waals surface area contributed by atoms with Crippen LogP contribution in [0.5, 0.6) is 0 Å². The van der Waals surface area contributed by atoms with Crippen molar-refractivity contribution in [2.24, 2.45) is 0 Å². The minimum absolute atomic E-state index is 0.288. The molecule has 1 aliphatic rings. The van der Waals surface area contributed by atoms with Crippen LogP contribution in [0.15, 0.2) is 34.3 Å². The first-order valence-electron chi connectivity index (χ1n) is 7.93. The minimum Gasteiger partial charge on any atom is -0.463 e. The fourth-order valence-corrected chi connectivity index (χ4v) is 3.28. The lowest BCUT2D eigenvalue weighted by molar-refractivity contribution is 0.0337. The van der Waals surface area contributed by atoms with Crippen molar-refractivity contribution in [2.45, 2.75) is 6.54 Å². The molecule has 4 heterocycles. The number of ether oxygens (including phenoxy) is 1. The number of rotatable bonds is 5. The highest BCUT2D eigenvalue weighted by molar-refractivity contribution is 7.13. The van der Waals surface area contributed by atoms with E-state index in [1.54, 1.807) is 24.5 Å². The van der Waals surface area contributed by atoms with E-state index in [2.05, 4.69) is 25.4 Å². The van der Waals surface area contributed by atoms with Crippen molar-refractivity contribution in [3.63, 3.8) is 0 Å². The molecule has 1 fully saturated rings. The van der Waals surface area contributed by atoms with Gasteiger partial charge in [-0.25, -0.2) is 4.98 Å². The molecule has 0 radical (unpaired) electrons. The Hall–Kier alpha value is -2.49. The van der Waals surface area contributed by atoms with Gasteiger partial charge in [0.05, 0.1) is 25.2 Å². The summed E-state index contributed by atoms with van der Waals surface area (Å²) in [5.74, 6) is 0.329. The van der Waals surface area contributed by atoms with E-state index in [0.717, 1.165) is 38.5 Å². The second-order valence-corrected chi connectivity index (χ2v) is 6.49. The van der Waals surface area contributed by atoms with Crippen LogP contribution in [0.3, 0.4) is 0 Å². The number of amides is 1. The van der Waals surface area contributed by atoms with Crippen molar-refractivity contribution in [3.05, 3.63) is 41.2 Å². The first-order valence-corrected chi connectivity index (χ1v) is 8.81. The molecule has 0 atom stereocenters. The maximum Gasteiger partial charge on any atom is 0.277 e. The van der Waals surface area contributed by atoms with Gasteiger partial charge in [-0.3, -0.25) is 20.1 Å². The van der Waals surface area contributed by atoms with E-state index >= 15 is 0 Å². The molecule has 8 nitrogen and oxygen atoms in total. The highest BCUT2D eigenvalue weighted by atomic mass is 32.1. The third-order valence-electron chi connectivity index (χ3n) is 3.86. The summed E-state index contributed by atoms with van der Waals surface area (Å²) in [4.78, 5) is 19.1. The van der Waals surface area contributed by atoms with Gasteiger partial charge in [0.15, 0.2) is 16.6 Å². The number of furan rings is 1. The van der Waals surface area contributed by atoms with Crippen molar-refractivity contribution >= 4 is 22.4 Å². The lowest BCUT2D eigenvalue weighted by atomic mass is 10.3. The predicted octanol–water partition coefficient (Wildman–Crippen LogP) is 2.21. The number of nitrogens with zero attached hydrogens (tertiary/aromatic N) is 3. The van der Waals surface area contributed by atoms with Crippen LogP contribution in [0.4, 0.5) is 5.13 Å². The Bertz CT molecular complexity index is 836. The predicted molar refractivity (Wildman–Crippen MR) is 92.5 cm³/mol. The standard InChI is InChI=1S/C16H17N5O3S/c22-15(13-8-12(19-20-13)14-2-1-5-24-14)18-16-17-11(10-25-16)9-21-3-6-23-7-4-21/h1-2,5,8,10H,3-4,6-7,9H2,(H,19,20)(H,17,18,22). The monoisotopic (exact) mass is 359 g/mol. The Morgan fingerprint density at radius 1 is 1.40 bits per heavy atom. The molecule has 25 heavy (non-hydrogen) atoms. The normalized spacial score (nSPS) is 15.4. The molecular formula is C16H17N5O3S. The van der Waals surface area contributed by atoms with Gasteiger partial charge in [-0.2, -0.15) is 5.10 Å². The number of hydrogen-bond acceptors (Lipinski definition) is 7. The number of aromatic nitrogens is 3. The summed E-state index contributed by atoms with van der Waals surface area (Å²) >= 11 is 1.41. The Kier molecular flexibility index (Phi) is 4.59. The molecule has 0 bridgehead atoms. The third-order valence-corrected chi connectivity index (χ3v) is 4.67. The number of carbonyl (C=O) groups excluding carboxylic acids is 1. The van der Waals surface area contributed by atoms with Crippen LogP contribution in [0.2, 0.25) is 0 Å². The maximum atomic E-state index is 12.3. The highest BCUT2D eigenvalue weighted by Crippen LogP contribution is 2.20. The number of carbonyl (C=O) groups is 1. The van der Waals surface area contributed by atoms with Crippen LogP contribution in [0.25, 0.3) is 11.5 Å². The molecule has 130 valence electrons. The number of aromatic amines is 1. The summed E-state index contributed by atoms with van der Waals surface area (Å²) in [6, 6.07) is 5.23. The number of anilines is 1. The Balaban J connectivity index is 1.38. The van der Waals surface area contributed by atoms with Crippen molar-refractivity contribution in [1.82, 2.24) is 20.1 Å². The van der Waals surface area contributed by atoms with Crippen molar-refractivity contribution in [1.29, 1.82) is 0 Å². The van der Waals surface area contributed by atoms with Gasteiger partial charge >= 0.3 is 0 Å². The molecule has 3 aromatic rings. The second-order valence-electron chi connectivity index (χ2n) is 5.63. The molecule has 1 saturated heterocycles. The Labute approximate surface area is 147 Å². The van der Waals surface area contributed by atoms with Gasteiger partial charge in [0.25, 0.3) is 5.91 Å². The lowest BCUT2D eigenvalue weighted by Crippen LogP contribution is -2.35. The molecule has 4 rings (SSSR count). The SMILES string of the molecule is O=C(Nc1nc(CN2CCOCC2)cs1)c1cc(-c2ccco2)[nH]n1. The van der Waals surface area contributed by atoms with Gasteiger partial charge in [-0.15, -0.1) is 11.3 Å². The molecule has 1 aliphatic heterocycles. The first-order chi connectivity index (χ1) is 12.3. The minimum atomic E-state index is -0.304. The van der Waals surface area contributed by atoms with Gasteiger partial charge < -0.3 is 9.15 Å². The van der Waals surface area contributed by atoms with E-state index in [1.807, 2.05) is 5.38 Å². The summed E-state index contributed by atoms with van der Waals surface area (Å²) in [6.07, 6.45) is 1.57. The molecule has 2 N–H and O–H groups in total. The van der Waals surface area contributed by atoms with Crippen LogP contribution < -0.4 is 5.32 Å². The van der Waals surface area contributed by atoms with Crippen molar-refractivity contribution in [3.8, 4) is 11.5 Å². The largest absolute Gasteiger partial charge is 0.463 e. The summed E-state index contributed by atoms with van der Waals surface area (Å²) in [5, 5.41) is 12.1. The average molecular weight is 359 g/mol. The van der Waals surface area contributed by atoms with E-state index in [-0.39, 0.29) is 11.6 Å². The maximum absolute atomic E-state index is 12.3. The molecule has 9 heteroatoms. The zero-order valence-electron chi connectivity index (χ0n) is 13.4. The van der Waals surface area contributed by atoms with Crippen LogP contribution >= 0.6 is 11.3 Å². The fraction of sp³-hybridized carbons (Fsp3) is 0.312. The number of hydrogen-bond donors (Lipinski definition) is 2. The fourth-order valence-electron chi connectivity index (χ4n) is 2.58. The summed E-state index contributed by atoms with van der Waals surface area (Å²) < 4.78 is 10.6. The number of morpholine rings is 1. The van der Waals surface area contributed by atoms with Gasteiger partial charge in [-0.05, 0) is 12.1 Å². The zero-order valence-corrected chi connectivity index (χ0v) is 14.2. The molecule has 1 amide bonds. The van der Waals surface area contributed by atoms with E-state index < -0.39 is 0 Å². The quantitative estimate of drug-likeness (QED) is 0.725. The van der Waals surface area contributed by atoms with Gasteiger partial charge in [0.2, 0.25) is 0 Å². The molecule has 0 spiro atoms. The van der Waals surface area contributed by atoms with E-state index in [9.17, 15) is 4.79 Å². The summed E-state index contributed by atoms with van der Waals surface area (Å²) in [5.41, 5.74) is 1.89. The van der Waals surface area contributed by atoms with Gasteiger partial charge in [-0.1, -0.05) is 0 Å². The molecular weight excluding hydrogens is 342 g/mol. The number of nitrogens with one attached hydrogen (secondary N) is 2. The van der Waals surface area contributed by atoms with Crippen LogP contribution in [-0.4, -0.2) is 52.3 Å². The molecule has 3 aromatic heterocycles. The van der Waals surface area contributed by atoms with Crippen LogP contribution in [-0.2, 0) is 11.3 Å². The Morgan fingerprint density at radius 3 is 3.08 bits per heavy atom. The Morgan fingerprint density at radius 2 is 2.28 bits per heavy atom.